The molecule has 0 saturated heterocycles. The molecule has 0 radical (unpaired) electrons. The Hall–Kier alpha value is -8.79. The Morgan fingerprint density at radius 2 is 0.409 bits per heavy atom. The number of aromatic nitrogens is 3. The van der Waals surface area contributed by atoms with Gasteiger partial charge in [0.05, 0.1) is 0 Å². The van der Waals surface area contributed by atoms with Crippen molar-refractivity contribution in [2.45, 2.75) is 0 Å². The number of rotatable bonds is 10. The van der Waals surface area contributed by atoms with Crippen molar-refractivity contribution in [3.8, 4) is 112 Å². The van der Waals surface area contributed by atoms with Gasteiger partial charge in [-0.15, -0.1) is 0 Å². The van der Waals surface area contributed by atoms with Crippen LogP contribution in [0.3, 0.4) is 0 Å². The summed E-state index contributed by atoms with van der Waals surface area (Å²) in [6, 6.07) is 92.2. The van der Waals surface area contributed by atoms with Gasteiger partial charge in [0.25, 0.3) is 0 Å². The Bertz CT molecular complexity index is 3270. The van der Waals surface area contributed by atoms with Gasteiger partial charge in [-0.3, -0.25) is 0 Å². The Morgan fingerprint density at radius 3 is 0.803 bits per heavy atom. The molecule has 11 aromatic rings. The average Bonchev–Trinajstić information content (AvgIpc) is 3.42. The van der Waals surface area contributed by atoms with E-state index in [2.05, 4.69) is 237 Å². The van der Waals surface area contributed by atoms with Crippen LogP contribution in [-0.4, -0.2) is 15.0 Å². The molecule has 0 aliphatic rings. The van der Waals surface area contributed by atoms with Gasteiger partial charge in [0, 0.05) is 16.7 Å². The summed E-state index contributed by atoms with van der Waals surface area (Å²) < 4.78 is 0. The van der Waals surface area contributed by atoms with Gasteiger partial charge in [0.1, 0.15) is 0 Å². The Kier molecular flexibility index (Phi) is 11.0. The third kappa shape index (κ3) is 8.37. The van der Waals surface area contributed by atoms with Crippen molar-refractivity contribution in [1.82, 2.24) is 15.0 Å². The molecule has 0 aliphatic heterocycles. The summed E-state index contributed by atoms with van der Waals surface area (Å²) >= 11 is 0. The molecule has 66 heavy (non-hydrogen) atoms. The molecule has 0 aliphatic carbocycles. The minimum absolute atomic E-state index is 0.600. The van der Waals surface area contributed by atoms with Crippen LogP contribution in [0.2, 0.25) is 0 Å². The third-order valence-electron chi connectivity index (χ3n) is 12.2. The molecule has 1 heterocycles. The topological polar surface area (TPSA) is 38.7 Å². The summed E-state index contributed by atoms with van der Waals surface area (Å²) in [4.78, 5) is 15.6. The highest BCUT2D eigenvalue weighted by atomic mass is 15.0. The summed E-state index contributed by atoms with van der Waals surface area (Å²) in [6.07, 6.45) is 0. The smallest absolute Gasteiger partial charge is 0.164 e. The molecule has 0 spiro atoms. The lowest BCUT2D eigenvalue weighted by molar-refractivity contribution is 1.07. The van der Waals surface area contributed by atoms with Gasteiger partial charge in [-0.2, -0.15) is 0 Å². The van der Waals surface area contributed by atoms with Crippen LogP contribution < -0.4 is 0 Å². The third-order valence-corrected chi connectivity index (χ3v) is 12.2. The van der Waals surface area contributed by atoms with Crippen molar-refractivity contribution in [2.75, 3.05) is 0 Å². The van der Waals surface area contributed by atoms with E-state index >= 15 is 0 Å². The van der Waals surface area contributed by atoms with E-state index in [9.17, 15) is 0 Å². The predicted octanol–water partition coefficient (Wildman–Crippen LogP) is 16.5. The zero-order valence-corrected chi connectivity index (χ0v) is 36.2. The highest BCUT2D eigenvalue weighted by molar-refractivity contribution is 5.91. The van der Waals surface area contributed by atoms with E-state index in [0.29, 0.717) is 17.5 Å². The van der Waals surface area contributed by atoms with Crippen LogP contribution in [0, 0.1) is 0 Å². The van der Waals surface area contributed by atoms with E-state index in [1.165, 1.54) is 22.3 Å². The van der Waals surface area contributed by atoms with E-state index in [1.807, 2.05) is 24.3 Å². The number of benzene rings is 10. The summed E-state index contributed by atoms with van der Waals surface area (Å²) in [7, 11) is 0. The fourth-order valence-electron chi connectivity index (χ4n) is 8.78. The first-order valence-corrected chi connectivity index (χ1v) is 22.3. The Labute approximate surface area is 386 Å². The van der Waals surface area contributed by atoms with E-state index in [1.54, 1.807) is 0 Å². The second-order valence-electron chi connectivity index (χ2n) is 16.4. The van der Waals surface area contributed by atoms with Gasteiger partial charge in [0.2, 0.25) is 0 Å². The number of nitrogens with zero attached hydrogens (tertiary/aromatic N) is 3. The van der Waals surface area contributed by atoms with E-state index in [4.69, 9.17) is 15.0 Å². The average molecular weight is 842 g/mol. The zero-order chi connectivity index (χ0) is 44.1. The summed E-state index contributed by atoms with van der Waals surface area (Å²) in [6.45, 7) is 0. The summed E-state index contributed by atoms with van der Waals surface area (Å²) in [5, 5.41) is 0. The van der Waals surface area contributed by atoms with Gasteiger partial charge in [-0.05, 0) is 108 Å². The van der Waals surface area contributed by atoms with Crippen molar-refractivity contribution in [1.29, 1.82) is 0 Å². The molecule has 1 aromatic heterocycles. The van der Waals surface area contributed by atoms with Crippen LogP contribution in [0.1, 0.15) is 0 Å². The molecule has 11 rings (SSSR count). The lowest BCUT2D eigenvalue weighted by Gasteiger charge is -2.17. The van der Waals surface area contributed by atoms with Crippen molar-refractivity contribution >= 4 is 0 Å². The van der Waals surface area contributed by atoms with Crippen LogP contribution >= 0.6 is 0 Å². The summed E-state index contributed by atoms with van der Waals surface area (Å²) in [5.74, 6) is 1.83. The van der Waals surface area contributed by atoms with Crippen LogP contribution in [0.15, 0.2) is 261 Å². The van der Waals surface area contributed by atoms with Crippen LogP contribution in [0.25, 0.3) is 112 Å². The molecule has 0 bridgehead atoms. The first kappa shape index (κ1) is 40.0. The molecule has 0 N–H and O–H groups in total. The second-order valence-corrected chi connectivity index (χ2v) is 16.4. The zero-order valence-electron chi connectivity index (χ0n) is 36.2. The number of hydrogen-bond donors (Lipinski definition) is 0. The van der Waals surface area contributed by atoms with Gasteiger partial charge >= 0.3 is 0 Å². The number of hydrogen-bond acceptors (Lipinski definition) is 3. The van der Waals surface area contributed by atoms with Gasteiger partial charge in [0.15, 0.2) is 17.5 Å². The van der Waals surface area contributed by atoms with Crippen LogP contribution in [0.4, 0.5) is 0 Å². The van der Waals surface area contributed by atoms with Gasteiger partial charge in [-0.25, -0.2) is 15.0 Å². The van der Waals surface area contributed by atoms with E-state index < -0.39 is 0 Å². The van der Waals surface area contributed by atoms with E-state index in [0.717, 1.165) is 72.3 Å². The van der Waals surface area contributed by atoms with Gasteiger partial charge < -0.3 is 0 Å². The monoisotopic (exact) mass is 841 g/mol. The fraction of sp³-hybridized carbons (Fsp3) is 0. The first-order chi connectivity index (χ1) is 32.7. The van der Waals surface area contributed by atoms with Crippen LogP contribution in [-0.2, 0) is 0 Å². The molecule has 0 atom stereocenters. The Balaban J connectivity index is 1.12. The molecule has 0 fully saturated rings. The largest absolute Gasteiger partial charge is 0.208 e. The molecular weight excluding hydrogens is 799 g/mol. The normalized spacial score (nSPS) is 11.0. The molecule has 0 amide bonds. The highest BCUT2D eigenvalue weighted by Crippen LogP contribution is 2.41. The molecule has 3 nitrogen and oxygen atoms in total. The highest BCUT2D eigenvalue weighted by Gasteiger charge is 2.18. The lowest BCUT2D eigenvalue weighted by Crippen LogP contribution is -2.00. The maximum Gasteiger partial charge on any atom is 0.164 e. The quantitative estimate of drug-likeness (QED) is 0.138. The fourth-order valence-corrected chi connectivity index (χ4v) is 8.78. The van der Waals surface area contributed by atoms with Crippen molar-refractivity contribution in [3.63, 3.8) is 0 Å². The SMILES string of the molecule is c1ccc(-c2ccc(-c3nc(-c4ccccc4)nc(-c4cc(-c5ccc(-c6ccccc6)c(-c6ccccc6)c5)cc(-c5ccc(-c6ccccc6)c(-c6ccccc6)c5)c4)n3)cc2)cc1. The molecule has 310 valence electrons. The molecule has 0 saturated carbocycles. The van der Waals surface area contributed by atoms with Crippen LogP contribution in [0.5, 0.6) is 0 Å². The lowest BCUT2D eigenvalue weighted by atomic mass is 9.88. The van der Waals surface area contributed by atoms with Crippen molar-refractivity contribution in [2.24, 2.45) is 0 Å². The van der Waals surface area contributed by atoms with Crippen molar-refractivity contribution < 1.29 is 0 Å². The second kappa shape index (κ2) is 18.1. The maximum absolute atomic E-state index is 5.29. The molecule has 10 aromatic carbocycles. The van der Waals surface area contributed by atoms with Gasteiger partial charge in [-0.1, -0.05) is 231 Å². The maximum atomic E-state index is 5.29. The van der Waals surface area contributed by atoms with Crippen molar-refractivity contribution in [3.05, 3.63) is 261 Å². The standard InChI is InChI=1S/C63H43N3/c1-7-19-44(20-8-1)45-31-33-51(34-32-45)62-64-61(50-29-17-6-18-30-50)65-63(66-62)56-40-54(52-35-37-57(46-21-9-2-10-22-46)59(42-52)48-25-13-4-14-26-48)39-55(41-56)53-36-38-58(47-23-11-3-12-24-47)60(43-53)49-27-15-5-16-28-49/h1-43H. The molecular formula is C63H43N3. The molecule has 3 heteroatoms. The molecule has 0 unspecified atom stereocenters. The Morgan fingerprint density at radius 1 is 0.152 bits per heavy atom. The minimum atomic E-state index is 0.600. The predicted molar refractivity (Wildman–Crippen MR) is 274 cm³/mol. The summed E-state index contributed by atoms with van der Waals surface area (Å²) in [5.41, 5.74) is 18.7. The minimum Gasteiger partial charge on any atom is -0.208 e. The first-order valence-electron chi connectivity index (χ1n) is 22.3. The van der Waals surface area contributed by atoms with E-state index in [-0.39, 0.29) is 0 Å².